The largest absolute Gasteiger partial charge is 0.507 e. The molecule has 7 rings (SSSR count). The van der Waals surface area contributed by atoms with Crippen LogP contribution in [0, 0.1) is 17.8 Å². The van der Waals surface area contributed by atoms with Gasteiger partial charge in [-0.05, 0) is 47.1 Å². The van der Waals surface area contributed by atoms with Crippen LogP contribution in [-0.4, -0.2) is 89.2 Å². The average Bonchev–Trinajstić information content (AvgIpc) is 3.18. The van der Waals surface area contributed by atoms with E-state index in [4.69, 9.17) is 9.47 Å². The monoisotopic (exact) mass is 548 g/mol. The molecule has 8 heteroatoms. The van der Waals surface area contributed by atoms with Crippen molar-refractivity contribution in [2.24, 2.45) is 17.8 Å². The lowest BCUT2D eigenvalue weighted by Gasteiger charge is -2.59. The summed E-state index contributed by atoms with van der Waals surface area (Å²) in [6.07, 6.45) is 6.29. The molecule has 3 aliphatic carbocycles. The second-order valence-corrected chi connectivity index (χ2v) is 12.7. The van der Waals surface area contributed by atoms with Gasteiger partial charge < -0.3 is 29.5 Å². The maximum atomic E-state index is 14.4. The highest BCUT2D eigenvalue weighted by Crippen LogP contribution is 2.65. The number of hydrogen-bond donors (Lipinski definition) is 2. The fourth-order valence-electron chi connectivity index (χ4n) is 7.54. The summed E-state index contributed by atoms with van der Waals surface area (Å²) in [4.78, 5) is 33.4. The summed E-state index contributed by atoms with van der Waals surface area (Å²) in [6, 6.07) is 1.43. The molecule has 214 valence electrons. The molecule has 0 unspecified atom stereocenters. The molecule has 4 bridgehead atoms. The van der Waals surface area contributed by atoms with E-state index in [9.17, 15) is 19.8 Å². The van der Waals surface area contributed by atoms with Gasteiger partial charge in [-0.1, -0.05) is 29.4 Å². The lowest BCUT2D eigenvalue weighted by atomic mass is 9.49. The first-order valence-electron chi connectivity index (χ1n) is 14.4. The summed E-state index contributed by atoms with van der Waals surface area (Å²) in [7, 11) is 2.12. The standard InChI is InChI=1S/C32H40N2O6/c1-18(2)6-7-20-25(35)15-26-27(28(20)36)29(37)23-14-21-22(16-34-12-10-33(5)11-13-34)24-17-39-31(30(21)38,9-8-19(3)4)32(23,24)40-26/h6,8,14-15,21-22,24,35-36H,7,9-13,16-17H2,1-5H3/t21-,22+,24-,31+,32-/m1/s1. The van der Waals surface area contributed by atoms with E-state index in [1.165, 1.54) is 6.07 Å². The van der Waals surface area contributed by atoms with Crippen LogP contribution in [0.3, 0.4) is 0 Å². The number of fused-ring (bicyclic) bond motifs is 1. The van der Waals surface area contributed by atoms with E-state index >= 15 is 0 Å². The van der Waals surface area contributed by atoms with Gasteiger partial charge >= 0.3 is 0 Å². The summed E-state index contributed by atoms with van der Waals surface area (Å²) in [6.45, 7) is 12.7. The Morgan fingerprint density at radius 3 is 2.45 bits per heavy atom. The second-order valence-electron chi connectivity index (χ2n) is 12.7. The molecule has 6 aliphatic rings. The smallest absolute Gasteiger partial charge is 0.200 e. The summed E-state index contributed by atoms with van der Waals surface area (Å²) in [5.41, 5.74) is 0.196. The molecule has 1 aromatic carbocycles. The van der Waals surface area contributed by atoms with E-state index in [1.807, 2.05) is 45.9 Å². The molecule has 8 nitrogen and oxygen atoms in total. The van der Waals surface area contributed by atoms with Crippen LogP contribution in [0.5, 0.6) is 17.2 Å². The number of phenols is 2. The first-order valence-corrected chi connectivity index (χ1v) is 14.4. The van der Waals surface area contributed by atoms with Crippen LogP contribution >= 0.6 is 0 Å². The van der Waals surface area contributed by atoms with E-state index in [0.717, 1.165) is 43.9 Å². The lowest BCUT2D eigenvalue weighted by molar-refractivity contribution is -0.171. The minimum Gasteiger partial charge on any atom is -0.507 e. The van der Waals surface area contributed by atoms with Crippen molar-refractivity contribution in [3.05, 3.63) is 52.1 Å². The minimum atomic E-state index is -1.33. The molecule has 1 spiro atoms. The molecule has 3 aliphatic heterocycles. The van der Waals surface area contributed by atoms with Gasteiger partial charge in [0.2, 0.25) is 0 Å². The van der Waals surface area contributed by atoms with Crippen molar-refractivity contribution in [3.63, 3.8) is 0 Å². The van der Waals surface area contributed by atoms with Crippen molar-refractivity contribution in [3.8, 4) is 17.2 Å². The van der Waals surface area contributed by atoms with Gasteiger partial charge in [-0.2, -0.15) is 0 Å². The number of ketones is 2. The molecular weight excluding hydrogens is 508 g/mol. The zero-order valence-electron chi connectivity index (χ0n) is 24.1. The highest BCUT2D eigenvalue weighted by Gasteiger charge is 2.79. The highest BCUT2D eigenvalue weighted by molar-refractivity contribution is 6.18. The molecule has 2 saturated heterocycles. The number of aromatic hydroxyl groups is 2. The number of carbonyl (C=O) groups is 2. The Morgan fingerprint density at radius 2 is 1.77 bits per heavy atom. The van der Waals surface area contributed by atoms with Crippen molar-refractivity contribution < 1.29 is 29.3 Å². The van der Waals surface area contributed by atoms with Crippen molar-refractivity contribution in [1.29, 1.82) is 0 Å². The first-order chi connectivity index (χ1) is 19.0. The molecule has 0 radical (unpaired) electrons. The summed E-state index contributed by atoms with van der Waals surface area (Å²) < 4.78 is 13.3. The number of likely N-dealkylation sites (N-methyl/N-ethyl adjacent to an activating group) is 1. The molecular formula is C32H40N2O6. The highest BCUT2D eigenvalue weighted by atomic mass is 16.6. The van der Waals surface area contributed by atoms with Gasteiger partial charge in [-0.3, -0.25) is 9.59 Å². The first kappa shape index (κ1) is 27.2. The molecule has 1 aromatic rings. The van der Waals surface area contributed by atoms with Gasteiger partial charge in [-0.15, -0.1) is 0 Å². The van der Waals surface area contributed by atoms with Crippen LogP contribution in [-0.2, 0) is 16.0 Å². The predicted octanol–water partition coefficient (Wildman–Crippen LogP) is 3.66. The number of rotatable bonds is 6. The van der Waals surface area contributed by atoms with E-state index in [0.29, 0.717) is 18.6 Å². The number of hydrogen-bond acceptors (Lipinski definition) is 8. The van der Waals surface area contributed by atoms with Crippen LogP contribution in [0.15, 0.2) is 41.0 Å². The second kappa shape index (κ2) is 9.57. The van der Waals surface area contributed by atoms with Gasteiger partial charge in [0.25, 0.3) is 0 Å². The minimum absolute atomic E-state index is 0.0356. The summed E-state index contributed by atoms with van der Waals surface area (Å²) >= 11 is 0. The molecule has 1 saturated carbocycles. The van der Waals surface area contributed by atoms with Gasteiger partial charge in [0.1, 0.15) is 22.8 Å². The fraction of sp³-hybridized carbons (Fsp3) is 0.562. The number of Topliss-reactive ketones (excluding diaryl/α,β-unsaturated/α-hetero) is 2. The average molecular weight is 549 g/mol. The van der Waals surface area contributed by atoms with Crippen molar-refractivity contribution in [2.45, 2.75) is 51.7 Å². The zero-order valence-corrected chi connectivity index (χ0v) is 24.1. The SMILES string of the molecule is CC(C)=CCc1c(O)cc2c(c1O)C(=O)C1=C[C@H]3C(=O)[C@]4(CC=C(C)C)OC[C@H]([C@H]3CN3CCN(C)CC3)[C@]14O2. The summed E-state index contributed by atoms with van der Waals surface area (Å²) in [5.74, 6) is -1.41. The van der Waals surface area contributed by atoms with Gasteiger partial charge in [-0.25, -0.2) is 0 Å². The predicted molar refractivity (Wildman–Crippen MR) is 151 cm³/mol. The Kier molecular flexibility index (Phi) is 6.52. The quantitative estimate of drug-likeness (QED) is 0.520. The topological polar surface area (TPSA) is 99.5 Å². The van der Waals surface area contributed by atoms with Crippen molar-refractivity contribution in [1.82, 2.24) is 9.80 Å². The number of nitrogens with zero attached hydrogens (tertiary/aromatic N) is 2. The third-order valence-corrected chi connectivity index (χ3v) is 9.72. The number of carbonyl (C=O) groups excluding carboxylic acids is 2. The molecule has 2 N–H and O–H groups in total. The van der Waals surface area contributed by atoms with E-state index in [2.05, 4.69) is 16.8 Å². The zero-order chi connectivity index (χ0) is 28.6. The lowest BCUT2D eigenvalue weighted by Crippen LogP contribution is -2.74. The number of piperazine rings is 1. The Hall–Kier alpha value is -2.94. The Morgan fingerprint density at radius 1 is 1.07 bits per heavy atom. The Bertz CT molecular complexity index is 1360. The van der Waals surface area contributed by atoms with Crippen LogP contribution in [0.2, 0.25) is 0 Å². The van der Waals surface area contributed by atoms with Crippen LogP contribution < -0.4 is 4.74 Å². The fourth-order valence-corrected chi connectivity index (χ4v) is 7.54. The van der Waals surface area contributed by atoms with Gasteiger partial charge in [0.15, 0.2) is 22.8 Å². The maximum Gasteiger partial charge on any atom is 0.200 e. The molecule has 3 fully saturated rings. The Balaban J connectivity index is 1.48. The maximum absolute atomic E-state index is 14.4. The molecule has 3 heterocycles. The van der Waals surface area contributed by atoms with Gasteiger partial charge in [0, 0.05) is 68.2 Å². The van der Waals surface area contributed by atoms with E-state index in [-0.39, 0.29) is 58.2 Å². The van der Waals surface area contributed by atoms with Crippen molar-refractivity contribution in [2.75, 3.05) is 46.4 Å². The normalized spacial score (nSPS) is 32.7. The Labute approximate surface area is 235 Å². The van der Waals surface area contributed by atoms with Crippen LogP contribution in [0.1, 0.15) is 50.0 Å². The van der Waals surface area contributed by atoms with E-state index in [1.54, 1.807) is 0 Å². The third kappa shape index (κ3) is 3.76. The summed E-state index contributed by atoms with van der Waals surface area (Å²) in [5, 5.41) is 22.2. The van der Waals surface area contributed by atoms with Gasteiger partial charge in [0.05, 0.1) is 6.61 Å². The number of benzene rings is 1. The van der Waals surface area contributed by atoms with Crippen LogP contribution in [0.4, 0.5) is 0 Å². The van der Waals surface area contributed by atoms with E-state index < -0.39 is 17.1 Å². The number of phenolic OH excluding ortho intramolecular Hbond substituents is 2. The third-order valence-electron chi connectivity index (χ3n) is 9.72. The molecule has 40 heavy (non-hydrogen) atoms. The van der Waals surface area contributed by atoms with Crippen molar-refractivity contribution >= 4 is 11.6 Å². The molecule has 0 amide bonds. The number of ether oxygens (including phenoxy) is 2. The molecule has 5 atom stereocenters. The molecule has 0 aromatic heterocycles. The van der Waals surface area contributed by atoms with Crippen LogP contribution in [0.25, 0.3) is 0 Å². The number of allylic oxidation sites excluding steroid dienone is 4.